The van der Waals surface area contributed by atoms with Gasteiger partial charge in [-0.05, 0) is 30.9 Å². The number of aliphatic hydroxyl groups excluding tert-OH is 1. The van der Waals surface area contributed by atoms with Crippen LogP contribution >= 0.6 is 23.2 Å². The molecule has 1 aliphatic rings. The fourth-order valence-electron chi connectivity index (χ4n) is 2.70. The third-order valence-electron chi connectivity index (χ3n) is 3.89. The number of hydrogen-bond donors (Lipinski definition) is 2. The van der Waals surface area contributed by atoms with Gasteiger partial charge in [-0.3, -0.25) is 0 Å². The highest BCUT2D eigenvalue weighted by Gasteiger charge is 2.20. The van der Waals surface area contributed by atoms with Gasteiger partial charge in [0.1, 0.15) is 0 Å². The predicted molar refractivity (Wildman–Crippen MR) is 88.3 cm³/mol. The summed E-state index contributed by atoms with van der Waals surface area (Å²) in [6, 6.07) is 5.40. The molecule has 3 nitrogen and oxygen atoms in total. The third kappa shape index (κ3) is 5.33. The van der Waals surface area contributed by atoms with Crippen LogP contribution in [0.1, 0.15) is 32.6 Å². The van der Waals surface area contributed by atoms with Gasteiger partial charge in [0.15, 0.2) is 0 Å². The Labute approximate surface area is 136 Å². The van der Waals surface area contributed by atoms with Crippen LogP contribution in [-0.4, -0.2) is 30.5 Å². The minimum atomic E-state index is -0.558. The van der Waals surface area contributed by atoms with E-state index >= 15 is 0 Å². The van der Waals surface area contributed by atoms with Crippen LogP contribution in [0.5, 0.6) is 0 Å². The SMILES string of the molecule is CC1CCCC(OCC(O)CNc2cccc(Cl)c2Cl)C1. The van der Waals surface area contributed by atoms with Crippen LogP contribution in [0.3, 0.4) is 0 Å². The summed E-state index contributed by atoms with van der Waals surface area (Å²) in [5, 5.41) is 14.1. The van der Waals surface area contributed by atoms with E-state index in [1.807, 2.05) is 12.1 Å². The Hall–Kier alpha value is -0.480. The van der Waals surface area contributed by atoms with Crippen molar-refractivity contribution in [3.05, 3.63) is 28.2 Å². The number of aliphatic hydroxyl groups is 1. The van der Waals surface area contributed by atoms with Crippen LogP contribution < -0.4 is 5.32 Å². The molecule has 0 spiro atoms. The maximum Gasteiger partial charge on any atom is 0.0945 e. The maximum absolute atomic E-state index is 10.0. The quantitative estimate of drug-likeness (QED) is 0.813. The summed E-state index contributed by atoms with van der Waals surface area (Å²) >= 11 is 12.0. The van der Waals surface area contributed by atoms with Crippen molar-refractivity contribution in [1.82, 2.24) is 0 Å². The van der Waals surface area contributed by atoms with Crippen molar-refractivity contribution >= 4 is 28.9 Å². The lowest BCUT2D eigenvalue weighted by molar-refractivity contribution is -0.0274. The standard InChI is InChI=1S/C16H23Cl2NO2/c1-11-4-2-5-13(8-11)21-10-12(20)9-19-15-7-3-6-14(17)16(15)18/h3,6-7,11-13,19-20H,2,4-5,8-10H2,1H3. The summed E-state index contributed by atoms with van der Waals surface area (Å²) in [5.74, 6) is 0.726. The van der Waals surface area contributed by atoms with Crippen LogP contribution in [0.25, 0.3) is 0 Å². The second-order valence-electron chi connectivity index (χ2n) is 5.86. The van der Waals surface area contributed by atoms with Gasteiger partial charge < -0.3 is 15.2 Å². The minimum Gasteiger partial charge on any atom is -0.389 e. The lowest BCUT2D eigenvalue weighted by Crippen LogP contribution is -2.30. The van der Waals surface area contributed by atoms with E-state index < -0.39 is 6.10 Å². The first-order valence-corrected chi connectivity index (χ1v) is 8.29. The fourth-order valence-corrected chi connectivity index (χ4v) is 3.07. The summed E-state index contributed by atoms with van der Waals surface area (Å²) in [6.07, 6.45) is 4.44. The molecule has 0 aliphatic heterocycles. The zero-order valence-electron chi connectivity index (χ0n) is 12.3. The van der Waals surface area contributed by atoms with Gasteiger partial charge in [0.2, 0.25) is 0 Å². The molecule has 0 radical (unpaired) electrons. The predicted octanol–water partition coefficient (Wildman–Crippen LogP) is 4.36. The van der Waals surface area contributed by atoms with Crippen LogP contribution in [0.2, 0.25) is 10.0 Å². The Morgan fingerprint density at radius 1 is 1.38 bits per heavy atom. The molecule has 5 heteroatoms. The van der Waals surface area contributed by atoms with Crippen LogP contribution in [0.15, 0.2) is 18.2 Å². The lowest BCUT2D eigenvalue weighted by atomic mass is 9.89. The average Bonchev–Trinajstić information content (AvgIpc) is 2.47. The van der Waals surface area contributed by atoms with E-state index in [-0.39, 0.29) is 6.10 Å². The lowest BCUT2D eigenvalue weighted by Gasteiger charge is -2.27. The van der Waals surface area contributed by atoms with E-state index in [0.717, 1.165) is 24.4 Å². The molecule has 0 bridgehead atoms. The van der Waals surface area contributed by atoms with E-state index in [4.69, 9.17) is 27.9 Å². The van der Waals surface area contributed by atoms with Crippen LogP contribution in [0, 0.1) is 5.92 Å². The van der Waals surface area contributed by atoms with Crippen molar-refractivity contribution in [3.63, 3.8) is 0 Å². The molecule has 0 aromatic heterocycles. The topological polar surface area (TPSA) is 41.5 Å². The molecule has 3 unspecified atom stereocenters. The highest BCUT2D eigenvalue weighted by Crippen LogP contribution is 2.29. The van der Waals surface area contributed by atoms with Gasteiger partial charge in [-0.15, -0.1) is 0 Å². The molecule has 118 valence electrons. The number of rotatable bonds is 6. The monoisotopic (exact) mass is 331 g/mol. The average molecular weight is 332 g/mol. The smallest absolute Gasteiger partial charge is 0.0945 e. The van der Waals surface area contributed by atoms with Crippen molar-refractivity contribution < 1.29 is 9.84 Å². The molecule has 0 heterocycles. The van der Waals surface area contributed by atoms with Gasteiger partial charge >= 0.3 is 0 Å². The number of anilines is 1. The third-order valence-corrected chi connectivity index (χ3v) is 4.71. The summed E-state index contributed by atoms with van der Waals surface area (Å²) in [7, 11) is 0. The van der Waals surface area contributed by atoms with Gasteiger partial charge in [-0.1, -0.05) is 49.0 Å². The van der Waals surface area contributed by atoms with Gasteiger partial charge in [0.25, 0.3) is 0 Å². The van der Waals surface area contributed by atoms with Crippen molar-refractivity contribution in [2.24, 2.45) is 5.92 Å². The summed E-state index contributed by atoms with van der Waals surface area (Å²) in [6.45, 7) is 3.00. The van der Waals surface area contributed by atoms with Crippen molar-refractivity contribution in [1.29, 1.82) is 0 Å². The Balaban J connectivity index is 1.72. The van der Waals surface area contributed by atoms with E-state index in [0.29, 0.717) is 23.2 Å². The van der Waals surface area contributed by atoms with Gasteiger partial charge in [-0.25, -0.2) is 0 Å². The second-order valence-corrected chi connectivity index (χ2v) is 6.65. The second kappa shape index (κ2) is 8.23. The van der Waals surface area contributed by atoms with Gasteiger partial charge in [0, 0.05) is 6.54 Å². The molecule has 1 saturated carbocycles. The first-order chi connectivity index (χ1) is 10.1. The highest BCUT2D eigenvalue weighted by molar-refractivity contribution is 6.43. The minimum absolute atomic E-state index is 0.290. The number of ether oxygens (including phenoxy) is 1. The van der Waals surface area contributed by atoms with E-state index in [1.54, 1.807) is 6.07 Å². The molecule has 1 fully saturated rings. The summed E-state index contributed by atoms with van der Waals surface area (Å²) in [5.41, 5.74) is 0.731. The van der Waals surface area contributed by atoms with Crippen molar-refractivity contribution in [3.8, 4) is 0 Å². The van der Waals surface area contributed by atoms with Crippen LogP contribution in [0.4, 0.5) is 5.69 Å². The van der Waals surface area contributed by atoms with Crippen molar-refractivity contribution in [2.45, 2.75) is 44.8 Å². The molecule has 2 rings (SSSR count). The van der Waals surface area contributed by atoms with E-state index in [1.165, 1.54) is 12.8 Å². The number of benzene rings is 1. The first kappa shape index (κ1) is 16.9. The molecule has 3 atom stereocenters. The number of nitrogens with one attached hydrogen (secondary N) is 1. The molecule has 1 aromatic rings. The fraction of sp³-hybridized carbons (Fsp3) is 0.625. The molecular weight excluding hydrogens is 309 g/mol. The summed E-state index contributed by atoms with van der Waals surface area (Å²) in [4.78, 5) is 0. The van der Waals surface area contributed by atoms with Gasteiger partial charge in [-0.2, -0.15) is 0 Å². The molecule has 1 aliphatic carbocycles. The largest absolute Gasteiger partial charge is 0.389 e. The maximum atomic E-state index is 10.0. The van der Waals surface area contributed by atoms with Gasteiger partial charge in [0.05, 0.1) is 34.5 Å². The molecule has 0 saturated heterocycles. The Morgan fingerprint density at radius 3 is 2.95 bits per heavy atom. The molecule has 2 N–H and O–H groups in total. The summed E-state index contributed by atoms with van der Waals surface area (Å²) < 4.78 is 5.81. The number of hydrogen-bond acceptors (Lipinski definition) is 3. The zero-order valence-corrected chi connectivity index (χ0v) is 13.8. The van der Waals surface area contributed by atoms with E-state index in [2.05, 4.69) is 12.2 Å². The highest BCUT2D eigenvalue weighted by atomic mass is 35.5. The Bertz CT molecular complexity index is 456. The molecule has 1 aromatic carbocycles. The molecule has 0 amide bonds. The Morgan fingerprint density at radius 2 is 2.19 bits per heavy atom. The Kier molecular flexibility index (Phi) is 6.62. The van der Waals surface area contributed by atoms with Crippen LogP contribution in [-0.2, 0) is 4.74 Å². The molecule has 21 heavy (non-hydrogen) atoms. The van der Waals surface area contributed by atoms with E-state index in [9.17, 15) is 5.11 Å². The zero-order chi connectivity index (χ0) is 15.2. The van der Waals surface area contributed by atoms with Crippen molar-refractivity contribution in [2.75, 3.05) is 18.5 Å². The first-order valence-electron chi connectivity index (χ1n) is 7.53. The normalized spacial score (nSPS) is 23.8. The molecular formula is C16H23Cl2NO2. The number of halogens is 2.